The molecular formula is C16H24N2O3. The average Bonchev–Trinajstić information content (AvgIpc) is 2.42. The summed E-state index contributed by atoms with van der Waals surface area (Å²) >= 11 is 0. The van der Waals surface area contributed by atoms with Crippen LogP contribution in [-0.4, -0.2) is 28.5 Å². The molecule has 21 heavy (non-hydrogen) atoms. The summed E-state index contributed by atoms with van der Waals surface area (Å²) < 4.78 is 0. The Hall–Kier alpha value is -1.91. The fourth-order valence-electron chi connectivity index (χ4n) is 2.30. The first kappa shape index (κ1) is 17.1. The Labute approximate surface area is 125 Å². The quantitative estimate of drug-likeness (QED) is 0.731. The maximum atomic E-state index is 11.8. The largest absolute Gasteiger partial charge is 0.481 e. The first-order valence-electron chi connectivity index (χ1n) is 7.34. The maximum absolute atomic E-state index is 11.8. The van der Waals surface area contributed by atoms with E-state index < -0.39 is 5.97 Å². The van der Waals surface area contributed by atoms with Gasteiger partial charge in [-0.05, 0) is 36.3 Å². The van der Waals surface area contributed by atoms with Crippen LogP contribution in [0, 0.1) is 11.8 Å². The van der Waals surface area contributed by atoms with Crippen molar-refractivity contribution in [2.45, 2.75) is 39.5 Å². The van der Waals surface area contributed by atoms with Crippen molar-refractivity contribution in [2.24, 2.45) is 11.8 Å². The van der Waals surface area contributed by atoms with Crippen LogP contribution in [-0.2, 0) is 16.0 Å². The lowest BCUT2D eigenvalue weighted by Crippen LogP contribution is -2.31. The molecule has 0 bridgehead atoms. The molecule has 1 amide bonds. The number of amides is 1. The fourth-order valence-corrected chi connectivity index (χ4v) is 2.30. The number of rotatable bonds is 9. The third kappa shape index (κ3) is 8.07. The van der Waals surface area contributed by atoms with Crippen molar-refractivity contribution in [3.8, 4) is 0 Å². The lowest BCUT2D eigenvalue weighted by molar-refractivity contribution is -0.138. The normalized spacial score (nSPS) is 12.1. The Morgan fingerprint density at radius 3 is 2.71 bits per heavy atom. The van der Waals surface area contributed by atoms with E-state index in [2.05, 4.69) is 24.1 Å². The molecule has 0 radical (unpaired) electrons. The molecule has 116 valence electrons. The molecule has 1 atom stereocenters. The second-order valence-corrected chi connectivity index (χ2v) is 5.76. The molecule has 0 spiro atoms. The van der Waals surface area contributed by atoms with Gasteiger partial charge in [0.25, 0.3) is 0 Å². The van der Waals surface area contributed by atoms with Crippen LogP contribution < -0.4 is 5.32 Å². The summed E-state index contributed by atoms with van der Waals surface area (Å²) in [6, 6.07) is 3.78. The Kier molecular flexibility index (Phi) is 7.43. The highest BCUT2D eigenvalue weighted by atomic mass is 16.4. The van der Waals surface area contributed by atoms with Crippen LogP contribution >= 0.6 is 0 Å². The molecule has 0 aliphatic carbocycles. The monoisotopic (exact) mass is 292 g/mol. The van der Waals surface area contributed by atoms with E-state index in [0.29, 0.717) is 25.3 Å². The molecule has 1 rings (SSSR count). The second kappa shape index (κ2) is 9.10. The minimum absolute atomic E-state index is 0.00941. The number of nitrogens with one attached hydrogen (secondary N) is 1. The number of hydrogen-bond acceptors (Lipinski definition) is 3. The number of aryl methyl sites for hydroxylation is 1. The third-order valence-electron chi connectivity index (χ3n) is 3.22. The molecule has 0 saturated heterocycles. The van der Waals surface area contributed by atoms with Gasteiger partial charge in [0.1, 0.15) is 0 Å². The third-order valence-corrected chi connectivity index (χ3v) is 3.22. The van der Waals surface area contributed by atoms with Crippen molar-refractivity contribution in [3.05, 3.63) is 30.1 Å². The molecule has 0 fully saturated rings. The Balaban J connectivity index is 2.33. The minimum Gasteiger partial charge on any atom is -0.481 e. The summed E-state index contributed by atoms with van der Waals surface area (Å²) in [4.78, 5) is 26.6. The van der Waals surface area contributed by atoms with Gasteiger partial charge >= 0.3 is 5.97 Å². The lowest BCUT2D eigenvalue weighted by Gasteiger charge is -2.17. The lowest BCUT2D eigenvalue weighted by atomic mass is 9.94. The number of aliphatic carboxylic acids is 1. The SMILES string of the molecule is CC(C)CC(CNC(=O)CCc1cccnc1)CC(=O)O. The van der Waals surface area contributed by atoms with E-state index in [4.69, 9.17) is 5.11 Å². The number of carboxylic acid groups (broad SMARTS) is 1. The van der Waals surface area contributed by atoms with Gasteiger partial charge in [-0.3, -0.25) is 14.6 Å². The molecule has 0 aliphatic heterocycles. The highest BCUT2D eigenvalue weighted by molar-refractivity contribution is 5.76. The molecule has 0 saturated carbocycles. The predicted octanol–water partition coefficient (Wildman–Crippen LogP) is 2.27. The van der Waals surface area contributed by atoms with Crippen LogP contribution in [0.1, 0.15) is 38.7 Å². The van der Waals surface area contributed by atoms with Gasteiger partial charge in [0.15, 0.2) is 0 Å². The van der Waals surface area contributed by atoms with Gasteiger partial charge in [-0.25, -0.2) is 0 Å². The van der Waals surface area contributed by atoms with Gasteiger partial charge in [0.05, 0.1) is 0 Å². The molecule has 5 nitrogen and oxygen atoms in total. The smallest absolute Gasteiger partial charge is 0.303 e. The summed E-state index contributed by atoms with van der Waals surface area (Å²) in [6.07, 6.45) is 5.39. The maximum Gasteiger partial charge on any atom is 0.303 e. The molecule has 2 N–H and O–H groups in total. The molecule has 1 unspecified atom stereocenters. The zero-order chi connectivity index (χ0) is 15.7. The number of carbonyl (C=O) groups excluding carboxylic acids is 1. The Morgan fingerprint density at radius 1 is 1.38 bits per heavy atom. The molecule has 0 aliphatic rings. The number of hydrogen-bond donors (Lipinski definition) is 2. The number of nitrogens with zero attached hydrogens (tertiary/aromatic N) is 1. The van der Waals surface area contributed by atoms with E-state index in [-0.39, 0.29) is 18.2 Å². The summed E-state index contributed by atoms with van der Waals surface area (Å²) in [6.45, 7) is 4.54. The fraction of sp³-hybridized carbons (Fsp3) is 0.562. The van der Waals surface area contributed by atoms with Crippen molar-refractivity contribution >= 4 is 11.9 Å². The predicted molar refractivity (Wildman–Crippen MR) is 80.8 cm³/mol. The molecule has 1 aromatic rings. The zero-order valence-corrected chi connectivity index (χ0v) is 12.7. The topological polar surface area (TPSA) is 79.3 Å². The summed E-state index contributed by atoms with van der Waals surface area (Å²) in [5.74, 6) is -0.449. The highest BCUT2D eigenvalue weighted by Gasteiger charge is 2.16. The van der Waals surface area contributed by atoms with Crippen molar-refractivity contribution < 1.29 is 14.7 Å². The first-order valence-corrected chi connectivity index (χ1v) is 7.34. The van der Waals surface area contributed by atoms with Gasteiger partial charge < -0.3 is 10.4 Å². The average molecular weight is 292 g/mol. The van der Waals surface area contributed by atoms with E-state index in [9.17, 15) is 9.59 Å². The highest BCUT2D eigenvalue weighted by Crippen LogP contribution is 2.14. The van der Waals surface area contributed by atoms with E-state index in [1.54, 1.807) is 12.4 Å². The van der Waals surface area contributed by atoms with Crippen molar-refractivity contribution in [3.63, 3.8) is 0 Å². The van der Waals surface area contributed by atoms with Gasteiger partial charge in [-0.2, -0.15) is 0 Å². The van der Waals surface area contributed by atoms with Gasteiger partial charge in [0.2, 0.25) is 5.91 Å². The van der Waals surface area contributed by atoms with E-state index in [1.807, 2.05) is 12.1 Å². The molecule has 0 aromatic carbocycles. The van der Waals surface area contributed by atoms with Gasteiger partial charge in [0, 0.05) is 31.8 Å². The van der Waals surface area contributed by atoms with Crippen LogP contribution in [0.2, 0.25) is 0 Å². The van der Waals surface area contributed by atoms with E-state index in [1.165, 1.54) is 0 Å². The number of carboxylic acids is 1. The Bertz CT molecular complexity index is 446. The van der Waals surface area contributed by atoms with Crippen LogP contribution in [0.5, 0.6) is 0 Å². The minimum atomic E-state index is -0.815. The molecule has 1 heterocycles. The van der Waals surface area contributed by atoms with Crippen LogP contribution in [0.15, 0.2) is 24.5 Å². The van der Waals surface area contributed by atoms with Crippen LogP contribution in [0.4, 0.5) is 0 Å². The summed E-state index contributed by atoms with van der Waals surface area (Å²) in [5, 5.41) is 11.7. The van der Waals surface area contributed by atoms with Crippen molar-refractivity contribution in [2.75, 3.05) is 6.54 Å². The molecular weight excluding hydrogens is 268 g/mol. The Morgan fingerprint density at radius 2 is 2.14 bits per heavy atom. The summed E-state index contributed by atoms with van der Waals surface area (Å²) in [5.41, 5.74) is 1.02. The number of aromatic nitrogens is 1. The second-order valence-electron chi connectivity index (χ2n) is 5.76. The van der Waals surface area contributed by atoms with Crippen molar-refractivity contribution in [1.29, 1.82) is 0 Å². The molecule has 5 heteroatoms. The van der Waals surface area contributed by atoms with E-state index >= 15 is 0 Å². The van der Waals surface area contributed by atoms with Crippen LogP contribution in [0.25, 0.3) is 0 Å². The first-order chi connectivity index (χ1) is 9.97. The van der Waals surface area contributed by atoms with E-state index in [0.717, 1.165) is 12.0 Å². The number of pyridine rings is 1. The van der Waals surface area contributed by atoms with Gasteiger partial charge in [-0.1, -0.05) is 19.9 Å². The zero-order valence-electron chi connectivity index (χ0n) is 12.7. The molecule has 1 aromatic heterocycles. The van der Waals surface area contributed by atoms with Gasteiger partial charge in [-0.15, -0.1) is 0 Å². The number of carbonyl (C=O) groups is 2. The van der Waals surface area contributed by atoms with Crippen LogP contribution in [0.3, 0.4) is 0 Å². The summed E-state index contributed by atoms with van der Waals surface area (Å²) in [7, 11) is 0. The van der Waals surface area contributed by atoms with Crippen molar-refractivity contribution in [1.82, 2.24) is 10.3 Å². The standard InChI is InChI=1S/C16H24N2O3/c1-12(2)8-14(9-16(20)21)11-18-15(19)6-5-13-4-3-7-17-10-13/h3-4,7,10,12,14H,5-6,8-9,11H2,1-2H3,(H,18,19)(H,20,21).